The second-order valence-corrected chi connectivity index (χ2v) is 7.12. The van der Waals surface area contributed by atoms with Gasteiger partial charge >= 0.3 is 0 Å². The Labute approximate surface area is 166 Å². The minimum absolute atomic E-state index is 0.789. The summed E-state index contributed by atoms with van der Waals surface area (Å²) in [6.45, 7) is 6.64. The minimum Gasteiger partial charge on any atom is -0.497 e. The van der Waals surface area contributed by atoms with Gasteiger partial charge in [0.25, 0.3) is 0 Å². The topological polar surface area (TPSA) is 37.0 Å². The molecule has 1 N–H and O–H groups in total. The third-order valence-corrected chi connectivity index (χ3v) is 5.20. The fraction of sp³-hybridized carbons (Fsp3) is 0.381. The highest BCUT2D eigenvalue weighted by atomic mass is 32.1. The summed E-state index contributed by atoms with van der Waals surface area (Å²) in [5.74, 6) is 1.75. The van der Waals surface area contributed by atoms with Gasteiger partial charge < -0.3 is 19.7 Å². The van der Waals surface area contributed by atoms with Gasteiger partial charge in [-0.05, 0) is 49.5 Å². The first kappa shape index (κ1) is 19.5. The van der Waals surface area contributed by atoms with E-state index in [1.165, 1.54) is 5.56 Å². The molecule has 0 aliphatic carbocycles. The van der Waals surface area contributed by atoms with E-state index in [-0.39, 0.29) is 0 Å². The van der Waals surface area contributed by atoms with Crippen molar-refractivity contribution in [1.82, 2.24) is 9.80 Å². The Morgan fingerprint density at radius 3 is 2.33 bits per heavy atom. The lowest BCUT2D eigenvalue weighted by Crippen LogP contribution is -2.49. The summed E-state index contributed by atoms with van der Waals surface area (Å²) in [5, 5.41) is 4.13. The Balaban J connectivity index is 1.54. The van der Waals surface area contributed by atoms with Gasteiger partial charge in [0, 0.05) is 44.0 Å². The first-order valence-electron chi connectivity index (χ1n) is 9.15. The molecule has 144 valence electrons. The zero-order valence-electron chi connectivity index (χ0n) is 16.2. The molecule has 1 aliphatic rings. The molecule has 1 heterocycles. The van der Waals surface area contributed by atoms with Crippen LogP contribution in [0.4, 0.5) is 5.69 Å². The lowest BCUT2D eigenvalue weighted by molar-refractivity contribution is 0.175. The number of nitrogens with one attached hydrogen (secondary N) is 1. The average Bonchev–Trinajstić information content (AvgIpc) is 2.70. The van der Waals surface area contributed by atoms with Gasteiger partial charge in [0.15, 0.2) is 5.11 Å². The molecular formula is C21H27N3O2S. The smallest absolute Gasteiger partial charge is 0.173 e. The Bertz CT molecular complexity index is 771. The Morgan fingerprint density at radius 1 is 1.00 bits per heavy atom. The van der Waals surface area contributed by atoms with Gasteiger partial charge in [-0.25, -0.2) is 0 Å². The molecule has 0 atom stereocenters. The first-order valence-corrected chi connectivity index (χ1v) is 9.55. The van der Waals surface area contributed by atoms with Crippen molar-refractivity contribution in [3.05, 3.63) is 53.6 Å². The number of hydrogen-bond donors (Lipinski definition) is 1. The summed E-state index contributed by atoms with van der Waals surface area (Å²) in [4.78, 5) is 4.65. The summed E-state index contributed by atoms with van der Waals surface area (Å²) < 4.78 is 10.8. The van der Waals surface area contributed by atoms with E-state index in [0.717, 1.165) is 60.6 Å². The zero-order valence-corrected chi connectivity index (χ0v) is 17.0. The van der Waals surface area contributed by atoms with E-state index in [2.05, 4.69) is 52.4 Å². The number of methoxy groups -OCH3 is 2. The lowest BCUT2D eigenvalue weighted by atomic mass is 10.1. The number of hydrogen-bond acceptors (Lipinski definition) is 4. The van der Waals surface area contributed by atoms with Crippen LogP contribution in [0.15, 0.2) is 42.5 Å². The molecule has 0 unspecified atom stereocenters. The third-order valence-electron chi connectivity index (χ3n) is 4.84. The zero-order chi connectivity index (χ0) is 19.2. The molecule has 3 rings (SSSR count). The molecule has 0 aromatic heterocycles. The molecule has 6 heteroatoms. The van der Waals surface area contributed by atoms with E-state index in [1.807, 2.05) is 12.1 Å². The summed E-state index contributed by atoms with van der Waals surface area (Å²) >= 11 is 5.59. The average molecular weight is 386 g/mol. The van der Waals surface area contributed by atoms with Gasteiger partial charge in [0.1, 0.15) is 11.5 Å². The van der Waals surface area contributed by atoms with E-state index in [4.69, 9.17) is 21.7 Å². The largest absolute Gasteiger partial charge is 0.497 e. The van der Waals surface area contributed by atoms with Crippen LogP contribution in [0.25, 0.3) is 0 Å². The number of nitrogens with zero attached hydrogens (tertiary/aromatic N) is 2. The molecule has 0 bridgehead atoms. The molecule has 27 heavy (non-hydrogen) atoms. The summed E-state index contributed by atoms with van der Waals surface area (Å²) in [5.41, 5.74) is 3.42. The van der Waals surface area contributed by atoms with Crippen LogP contribution in [0, 0.1) is 6.92 Å². The van der Waals surface area contributed by atoms with Crippen LogP contribution in [0.2, 0.25) is 0 Å². The van der Waals surface area contributed by atoms with Crippen molar-refractivity contribution in [2.45, 2.75) is 13.5 Å². The molecule has 2 aromatic rings. The van der Waals surface area contributed by atoms with Crippen LogP contribution in [0.3, 0.4) is 0 Å². The maximum Gasteiger partial charge on any atom is 0.173 e. The van der Waals surface area contributed by atoms with Crippen molar-refractivity contribution < 1.29 is 9.47 Å². The Kier molecular flexibility index (Phi) is 6.53. The van der Waals surface area contributed by atoms with Crippen molar-refractivity contribution in [2.24, 2.45) is 0 Å². The minimum atomic E-state index is 0.789. The molecule has 0 radical (unpaired) electrons. The van der Waals surface area contributed by atoms with Gasteiger partial charge in [-0.2, -0.15) is 0 Å². The number of rotatable bonds is 5. The van der Waals surface area contributed by atoms with Crippen molar-refractivity contribution >= 4 is 23.0 Å². The molecule has 1 saturated heterocycles. The highest BCUT2D eigenvalue weighted by molar-refractivity contribution is 7.80. The van der Waals surface area contributed by atoms with Gasteiger partial charge in [0.2, 0.25) is 0 Å². The van der Waals surface area contributed by atoms with Crippen LogP contribution in [-0.4, -0.2) is 55.3 Å². The standard InChI is InChI=1S/C21H27N3O2S/c1-16-4-6-18(7-5-16)22-21(27)24-12-10-23(11-13-24)15-17-14-19(25-2)8-9-20(17)26-3/h4-9,14H,10-13,15H2,1-3H3,(H,22,27). The van der Waals surface area contributed by atoms with Crippen molar-refractivity contribution in [3.8, 4) is 11.5 Å². The van der Waals surface area contributed by atoms with E-state index >= 15 is 0 Å². The molecule has 0 saturated carbocycles. The van der Waals surface area contributed by atoms with Gasteiger partial charge in [0.05, 0.1) is 14.2 Å². The summed E-state index contributed by atoms with van der Waals surface area (Å²) in [7, 11) is 3.39. The van der Waals surface area contributed by atoms with Crippen molar-refractivity contribution in [2.75, 3.05) is 45.7 Å². The predicted molar refractivity (Wildman–Crippen MR) is 114 cm³/mol. The van der Waals surface area contributed by atoms with Crippen LogP contribution < -0.4 is 14.8 Å². The summed E-state index contributed by atoms with van der Waals surface area (Å²) in [6.07, 6.45) is 0. The number of anilines is 1. The maximum absolute atomic E-state index is 5.59. The lowest BCUT2D eigenvalue weighted by Gasteiger charge is -2.36. The maximum atomic E-state index is 5.59. The van der Waals surface area contributed by atoms with Crippen LogP contribution in [-0.2, 0) is 6.54 Å². The van der Waals surface area contributed by atoms with Crippen molar-refractivity contribution in [1.29, 1.82) is 0 Å². The molecule has 1 aliphatic heterocycles. The first-order chi connectivity index (χ1) is 13.1. The van der Waals surface area contributed by atoms with Crippen LogP contribution in [0.5, 0.6) is 11.5 Å². The van der Waals surface area contributed by atoms with Gasteiger partial charge in [-0.15, -0.1) is 0 Å². The second kappa shape index (κ2) is 9.06. The second-order valence-electron chi connectivity index (χ2n) is 6.74. The fourth-order valence-electron chi connectivity index (χ4n) is 3.19. The van der Waals surface area contributed by atoms with E-state index in [1.54, 1.807) is 14.2 Å². The predicted octanol–water partition coefficient (Wildman–Crippen LogP) is 3.53. The SMILES string of the molecule is COc1ccc(OC)c(CN2CCN(C(=S)Nc3ccc(C)cc3)CC2)c1. The molecular weight excluding hydrogens is 358 g/mol. The number of thiocarbonyl (C=S) groups is 1. The van der Waals surface area contributed by atoms with Gasteiger partial charge in [-0.1, -0.05) is 17.7 Å². The molecule has 2 aromatic carbocycles. The molecule has 5 nitrogen and oxygen atoms in total. The highest BCUT2D eigenvalue weighted by Crippen LogP contribution is 2.25. The number of aryl methyl sites for hydroxylation is 1. The quantitative estimate of drug-likeness (QED) is 0.794. The molecule has 1 fully saturated rings. The van der Waals surface area contributed by atoms with Crippen LogP contribution in [0.1, 0.15) is 11.1 Å². The molecule has 0 amide bonds. The highest BCUT2D eigenvalue weighted by Gasteiger charge is 2.20. The van der Waals surface area contributed by atoms with Crippen molar-refractivity contribution in [3.63, 3.8) is 0 Å². The normalized spacial score (nSPS) is 14.7. The third kappa shape index (κ3) is 5.11. The van der Waals surface area contributed by atoms with E-state index in [9.17, 15) is 0 Å². The number of benzene rings is 2. The van der Waals surface area contributed by atoms with E-state index < -0.39 is 0 Å². The van der Waals surface area contributed by atoms with E-state index in [0.29, 0.717) is 0 Å². The number of piperazine rings is 1. The Hall–Kier alpha value is -2.31. The molecule has 0 spiro atoms. The summed E-state index contributed by atoms with van der Waals surface area (Å²) in [6, 6.07) is 14.2. The van der Waals surface area contributed by atoms with Gasteiger partial charge in [-0.3, -0.25) is 4.90 Å². The number of ether oxygens (including phenoxy) is 2. The Morgan fingerprint density at radius 2 is 1.70 bits per heavy atom. The fourth-order valence-corrected chi connectivity index (χ4v) is 3.50. The van der Waals surface area contributed by atoms with Crippen LogP contribution >= 0.6 is 12.2 Å². The monoisotopic (exact) mass is 385 g/mol.